The third kappa shape index (κ3) is 4.85. The maximum atomic E-state index is 12.1. The minimum absolute atomic E-state index is 0.306. The number of carbonyl (C=O) groups excluding carboxylic acids is 1. The highest BCUT2D eigenvalue weighted by Crippen LogP contribution is 2.23. The first kappa shape index (κ1) is 20.5. The molecule has 0 aliphatic heterocycles. The lowest BCUT2D eigenvalue weighted by Gasteiger charge is -2.14. The van der Waals surface area contributed by atoms with E-state index in [4.69, 9.17) is 18.4 Å². The molecule has 0 saturated carbocycles. The lowest BCUT2D eigenvalue weighted by molar-refractivity contribution is -0.144. The molecule has 0 fully saturated rings. The van der Waals surface area contributed by atoms with Crippen LogP contribution in [-0.2, 0) is 22.4 Å². The van der Waals surface area contributed by atoms with Crippen molar-refractivity contribution in [2.24, 2.45) is 0 Å². The van der Waals surface area contributed by atoms with E-state index < -0.39 is 6.04 Å². The van der Waals surface area contributed by atoms with E-state index in [0.717, 1.165) is 17.0 Å². The van der Waals surface area contributed by atoms with Crippen molar-refractivity contribution in [3.05, 3.63) is 78.1 Å². The molecule has 0 aliphatic rings. The second kappa shape index (κ2) is 9.34. The number of hydrogen-bond acceptors (Lipinski definition) is 7. The van der Waals surface area contributed by atoms with Crippen LogP contribution in [0.3, 0.4) is 0 Å². The smallest absolute Gasteiger partial charge is 0.329 e. The van der Waals surface area contributed by atoms with E-state index in [9.17, 15) is 4.79 Å². The molecular weight excluding hydrogens is 398 g/mol. The van der Waals surface area contributed by atoms with Crippen LogP contribution in [0.4, 0.5) is 0 Å². The van der Waals surface area contributed by atoms with Crippen LogP contribution in [0.15, 0.2) is 69.9 Å². The number of carbonyl (C=O) groups is 1. The number of methoxy groups -OCH3 is 1. The van der Waals surface area contributed by atoms with Gasteiger partial charge in [0.1, 0.15) is 17.6 Å². The maximum Gasteiger partial charge on any atom is 0.329 e. The summed E-state index contributed by atoms with van der Waals surface area (Å²) in [6.07, 6.45) is 4.48. The zero-order chi connectivity index (χ0) is 21.6. The van der Waals surface area contributed by atoms with Crippen molar-refractivity contribution in [3.8, 4) is 17.3 Å². The molecular formula is C23H23N3O5. The normalized spacial score (nSPS) is 11.9. The Hall–Kier alpha value is -3.81. The van der Waals surface area contributed by atoms with E-state index in [2.05, 4.69) is 10.1 Å². The number of esters is 1. The summed E-state index contributed by atoms with van der Waals surface area (Å²) in [5.41, 5.74) is 1.77. The molecule has 8 heteroatoms. The third-order valence-corrected chi connectivity index (χ3v) is 4.89. The number of nitrogens with zero attached hydrogens (tertiary/aromatic N) is 3. The van der Waals surface area contributed by atoms with Crippen molar-refractivity contribution < 1.29 is 23.2 Å². The fraction of sp³-hybridized carbons (Fsp3) is 0.261. The Bertz CT molecular complexity index is 1120. The summed E-state index contributed by atoms with van der Waals surface area (Å²) in [4.78, 5) is 16.7. The molecule has 8 nitrogen and oxygen atoms in total. The van der Waals surface area contributed by atoms with Crippen LogP contribution in [0.1, 0.15) is 23.3 Å². The quantitative estimate of drug-likeness (QED) is 0.377. The Morgan fingerprint density at radius 3 is 2.68 bits per heavy atom. The predicted molar refractivity (Wildman–Crippen MR) is 112 cm³/mol. The standard InChI is InChI=1S/C23H23N3O5/c1-16-19(24-22(30-16)17-8-4-3-5-9-17)10-13-29-21-15-18(31-25-21)14-20(23(27)28-2)26-11-6-7-12-26/h3-9,11-12,15,20H,10,13-14H2,1-2H3. The summed E-state index contributed by atoms with van der Waals surface area (Å²) in [6.45, 7) is 2.25. The first-order chi connectivity index (χ1) is 15.1. The van der Waals surface area contributed by atoms with Gasteiger partial charge in [0.25, 0.3) is 5.88 Å². The Kier molecular flexibility index (Phi) is 6.16. The molecule has 160 valence electrons. The second-order valence-electron chi connectivity index (χ2n) is 6.99. The lowest BCUT2D eigenvalue weighted by Crippen LogP contribution is -2.21. The summed E-state index contributed by atoms with van der Waals surface area (Å²) in [5, 5.41) is 3.94. The number of benzene rings is 1. The monoisotopic (exact) mass is 421 g/mol. The first-order valence-corrected chi connectivity index (χ1v) is 9.94. The molecule has 1 unspecified atom stereocenters. The van der Waals surface area contributed by atoms with Crippen LogP contribution in [0.2, 0.25) is 0 Å². The van der Waals surface area contributed by atoms with Crippen LogP contribution in [0.25, 0.3) is 11.5 Å². The Balaban J connectivity index is 1.35. The van der Waals surface area contributed by atoms with Gasteiger partial charge in [-0.1, -0.05) is 18.2 Å². The minimum atomic E-state index is -0.532. The highest BCUT2D eigenvalue weighted by Gasteiger charge is 2.23. The molecule has 1 atom stereocenters. The molecule has 3 aromatic heterocycles. The highest BCUT2D eigenvalue weighted by molar-refractivity contribution is 5.74. The molecule has 4 rings (SSSR count). The van der Waals surface area contributed by atoms with Crippen LogP contribution in [-0.4, -0.2) is 34.4 Å². The van der Waals surface area contributed by atoms with Gasteiger partial charge >= 0.3 is 5.97 Å². The van der Waals surface area contributed by atoms with Gasteiger partial charge in [0.05, 0.1) is 19.4 Å². The predicted octanol–water partition coefficient (Wildman–Crippen LogP) is 4.02. The molecule has 3 heterocycles. The molecule has 1 aromatic carbocycles. The van der Waals surface area contributed by atoms with E-state index in [1.807, 2.05) is 49.4 Å². The average molecular weight is 421 g/mol. The number of hydrogen-bond donors (Lipinski definition) is 0. The largest absolute Gasteiger partial charge is 0.475 e. The van der Waals surface area contributed by atoms with Crippen molar-refractivity contribution in [2.45, 2.75) is 25.8 Å². The summed E-state index contributed by atoms with van der Waals surface area (Å²) in [6, 6.07) is 14.6. The summed E-state index contributed by atoms with van der Waals surface area (Å²) >= 11 is 0. The molecule has 0 bridgehead atoms. The van der Waals surface area contributed by atoms with E-state index in [1.165, 1.54) is 7.11 Å². The van der Waals surface area contributed by atoms with Crippen LogP contribution in [0, 0.1) is 6.92 Å². The van der Waals surface area contributed by atoms with Gasteiger partial charge in [-0.25, -0.2) is 9.78 Å². The minimum Gasteiger partial charge on any atom is -0.475 e. The Morgan fingerprint density at radius 2 is 1.94 bits per heavy atom. The van der Waals surface area contributed by atoms with Gasteiger partial charge in [-0.2, -0.15) is 0 Å². The number of rotatable bonds is 9. The van der Waals surface area contributed by atoms with E-state index in [0.29, 0.717) is 37.0 Å². The topological polar surface area (TPSA) is 92.5 Å². The van der Waals surface area contributed by atoms with Crippen molar-refractivity contribution in [2.75, 3.05) is 13.7 Å². The van der Waals surface area contributed by atoms with E-state index in [1.54, 1.807) is 23.0 Å². The van der Waals surface area contributed by atoms with Crippen molar-refractivity contribution in [3.63, 3.8) is 0 Å². The summed E-state index contributed by atoms with van der Waals surface area (Å²) in [7, 11) is 1.36. The summed E-state index contributed by atoms with van der Waals surface area (Å²) < 4.78 is 23.5. The molecule has 0 spiro atoms. The van der Waals surface area contributed by atoms with Gasteiger partial charge < -0.3 is 23.0 Å². The molecule has 0 aliphatic carbocycles. The Morgan fingerprint density at radius 1 is 1.16 bits per heavy atom. The zero-order valence-corrected chi connectivity index (χ0v) is 17.4. The fourth-order valence-corrected chi connectivity index (χ4v) is 3.27. The zero-order valence-electron chi connectivity index (χ0n) is 17.4. The molecule has 0 amide bonds. The number of oxazole rings is 1. The van der Waals surface area contributed by atoms with Gasteiger partial charge in [0, 0.05) is 36.9 Å². The fourth-order valence-electron chi connectivity index (χ4n) is 3.27. The Labute approximate surface area is 179 Å². The van der Waals surface area contributed by atoms with Crippen LogP contribution >= 0.6 is 0 Å². The second-order valence-corrected chi connectivity index (χ2v) is 6.99. The van der Waals surface area contributed by atoms with Crippen molar-refractivity contribution in [1.29, 1.82) is 0 Å². The average Bonchev–Trinajstić information content (AvgIpc) is 3.54. The van der Waals surface area contributed by atoms with Gasteiger partial charge in [-0.15, -0.1) is 0 Å². The van der Waals surface area contributed by atoms with Crippen LogP contribution in [0.5, 0.6) is 5.88 Å². The van der Waals surface area contributed by atoms with Gasteiger partial charge in [0.15, 0.2) is 0 Å². The molecule has 0 N–H and O–H groups in total. The SMILES string of the molecule is COC(=O)C(Cc1cc(OCCc2nc(-c3ccccc3)oc2C)no1)n1cccc1. The number of aromatic nitrogens is 3. The lowest BCUT2D eigenvalue weighted by atomic mass is 10.1. The third-order valence-electron chi connectivity index (χ3n) is 4.89. The van der Waals surface area contributed by atoms with Gasteiger partial charge in [-0.05, 0) is 36.3 Å². The van der Waals surface area contributed by atoms with E-state index >= 15 is 0 Å². The molecule has 31 heavy (non-hydrogen) atoms. The maximum absolute atomic E-state index is 12.1. The van der Waals surface area contributed by atoms with E-state index in [-0.39, 0.29) is 5.97 Å². The number of ether oxygens (including phenoxy) is 2. The van der Waals surface area contributed by atoms with Gasteiger partial charge in [0.2, 0.25) is 5.89 Å². The molecule has 4 aromatic rings. The van der Waals surface area contributed by atoms with Crippen molar-refractivity contribution >= 4 is 5.97 Å². The first-order valence-electron chi connectivity index (χ1n) is 9.94. The summed E-state index contributed by atoms with van der Waals surface area (Å²) in [5.74, 6) is 1.89. The molecule has 0 radical (unpaired) electrons. The van der Waals surface area contributed by atoms with Crippen molar-refractivity contribution in [1.82, 2.24) is 14.7 Å². The number of aryl methyl sites for hydroxylation is 1. The van der Waals surface area contributed by atoms with Gasteiger partial charge in [-0.3, -0.25) is 0 Å². The molecule has 0 saturated heterocycles. The highest BCUT2D eigenvalue weighted by atomic mass is 16.5. The van der Waals surface area contributed by atoms with Crippen LogP contribution < -0.4 is 4.74 Å².